The Hall–Kier alpha value is -0.480. The summed E-state index contributed by atoms with van der Waals surface area (Å²) in [5, 5.41) is 10.5. The van der Waals surface area contributed by atoms with Crippen LogP contribution < -0.4 is 0 Å². The molecule has 0 heterocycles. The highest BCUT2D eigenvalue weighted by Crippen LogP contribution is 2.14. The van der Waals surface area contributed by atoms with Crippen LogP contribution in [-0.2, 0) is 9.53 Å². The first-order chi connectivity index (χ1) is 5.56. The minimum absolute atomic E-state index is 0.390. The zero-order chi connectivity index (χ0) is 9.61. The maximum Gasteiger partial charge on any atom is 0.339 e. The molecule has 0 aromatic rings. The summed E-state index contributed by atoms with van der Waals surface area (Å²) in [5.41, 5.74) is -1.18. The van der Waals surface area contributed by atoms with Crippen molar-refractivity contribution in [2.24, 2.45) is 0 Å². The normalized spacial score (nSPS) is 16.2. The molecule has 0 aliphatic rings. The van der Waals surface area contributed by atoms with Gasteiger partial charge in [0.05, 0.1) is 0 Å². The van der Waals surface area contributed by atoms with Gasteiger partial charge in [-0.1, -0.05) is 0 Å². The van der Waals surface area contributed by atoms with Gasteiger partial charge >= 0.3 is 5.97 Å². The molecule has 0 aromatic heterocycles. The number of aliphatic carboxylic acids is 1. The van der Waals surface area contributed by atoms with Crippen LogP contribution >= 0.6 is 11.8 Å². The van der Waals surface area contributed by atoms with Crippen molar-refractivity contribution in [3.05, 3.63) is 11.5 Å². The molecule has 0 spiro atoms. The molecule has 0 aliphatic heterocycles. The molecule has 0 bridgehead atoms. The van der Waals surface area contributed by atoms with Crippen LogP contribution in [0.1, 0.15) is 13.8 Å². The van der Waals surface area contributed by atoms with Gasteiger partial charge in [-0.05, 0) is 31.6 Å². The zero-order valence-corrected chi connectivity index (χ0v) is 8.35. The molecule has 1 N–H and O–H groups in total. The number of rotatable bonds is 5. The van der Waals surface area contributed by atoms with Crippen molar-refractivity contribution in [3.8, 4) is 0 Å². The lowest BCUT2D eigenvalue weighted by Gasteiger charge is -2.20. The molecule has 0 fully saturated rings. The van der Waals surface area contributed by atoms with Gasteiger partial charge in [0.2, 0.25) is 0 Å². The molecule has 3 nitrogen and oxygen atoms in total. The fourth-order valence-electron chi connectivity index (χ4n) is 0.679. The lowest BCUT2D eigenvalue weighted by Crippen LogP contribution is -2.36. The Balaban J connectivity index is 4.38. The van der Waals surface area contributed by atoms with Crippen LogP contribution in [-0.4, -0.2) is 29.5 Å². The lowest BCUT2D eigenvalue weighted by atomic mass is 10.1. The molecule has 0 rings (SSSR count). The third-order valence-electron chi connectivity index (χ3n) is 1.39. The second kappa shape index (κ2) is 5.22. The Labute approximate surface area is 76.8 Å². The number of carboxylic acids is 1. The standard InChI is InChI=1S/C8H14O3S/c1-4-11-8(2,7(9)10)5-6-12-3/h5-6H,4H2,1-3H3,(H,9,10). The molecule has 0 aliphatic carbocycles. The van der Waals surface area contributed by atoms with Gasteiger partial charge < -0.3 is 9.84 Å². The zero-order valence-electron chi connectivity index (χ0n) is 7.53. The van der Waals surface area contributed by atoms with Crippen LogP contribution in [0.4, 0.5) is 0 Å². The highest BCUT2D eigenvalue weighted by atomic mass is 32.2. The first kappa shape index (κ1) is 11.5. The summed E-state index contributed by atoms with van der Waals surface area (Å²) in [6.45, 7) is 3.70. The van der Waals surface area contributed by atoms with Gasteiger partial charge in [0.25, 0.3) is 0 Å². The Morgan fingerprint density at radius 3 is 2.67 bits per heavy atom. The summed E-state index contributed by atoms with van der Waals surface area (Å²) in [5.74, 6) is -0.963. The summed E-state index contributed by atoms with van der Waals surface area (Å²) in [6, 6.07) is 0. The topological polar surface area (TPSA) is 46.5 Å². The smallest absolute Gasteiger partial charge is 0.339 e. The summed E-state index contributed by atoms with van der Waals surface area (Å²) in [4.78, 5) is 10.7. The number of carboxylic acid groups (broad SMARTS) is 1. The predicted octanol–water partition coefficient (Wildman–Crippen LogP) is 1.74. The second-order valence-corrected chi connectivity index (χ2v) is 3.13. The summed E-state index contributed by atoms with van der Waals surface area (Å²) >= 11 is 1.45. The molecular formula is C8H14O3S. The lowest BCUT2D eigenvalue weighted by molar-refractivity contribution is -0.156. The van der Waals surface area contributed by atoms with E-state index in [4.69, 9.17) is 9.84 Å². The van der Waals surface area contributed by atoms with Gasteiger partial charge in [0.1, 0.15) is 0 Å². The third-order valence-corrected chi connectivity index (χ3v) is 1.80. The minimum atomic E-state index is -1.18. The molecule has 0 amide bonds. The van der Waals surface area contributed by atoms with Gasteiger partial charge in [-0.25, -0.2) is 4.79 Å². The molecule has 70 valence electrons. The largest absolute Gasteiger partial charge is 0.479 e. The summed E-state index contributed by atoms with van der Waals surface area (Å²) < 4.78 is 5.09. The maximum atomic E-state index is 10.7. The number of ether oxygens (including phenoxy) is 1. The SMILES string of the molecule is CCOC(C)(C=CSC)C(=O)O. The monoisotopic (exact) mass is 190 g/mol. The van der Waals surface area contributed by atoms with Crippen LogP contribution in [0.5, 0.6) is 0 Å². The van der Waals surface area contributed by atoms with Crippen molar-refractivity contribution in [2.75, 3.05) is 12.9 Å². The van der Waals surface area contributed by atoms with Crippen LogP contribution in [0.25, 0.3) is 0 Å². The summed E-state index contributed by atoms with van der Waals surface area (Å²) in [6.07, 6.45) is 3.41. The molecule has 1 unspecified atom stereocenters. The van der Waals surface area contributed by atoms with E-state index in [1.807, 2.05) is 6.26 Å². The van der Waals surface area contributed by atoms with Crippen LogP contribution in [0.15, 0.2) is 11.5 Å². The van der Waals surface area contributed by atoms with Gasteiger partial charge in [-0.15, -0.1) is 11.8 Å². The van der Waals surface area contributed by atoms with Gasteiger partial charge in [-0.3, -0.25) is 0 Å². The molecule has 1 atom stereocenters. The maximum absolute atomic E-state index is 10.7. The molecule has 12 heavy (non-hydrogen) atoms. The van der Waals surface area contributed by atoms with Crippen molar-refractivity contribution in [3.63, 3.8) is 0 Å². The Bertz CT molecular complexity index is 179. The van der Waals surface area contributed by atoms with Gasteiger partial charge in [0, 0.05) is 6.61 Å². The van der Waals surface area contributed by atoms with Gasteiger partial charge in [-0.2, -0.15) is 0 Å². The van der Waals surface area contributed by atoms with Crippen molar-refractivity contribution < 1.29 is 14.6 Å². The number of thioether (sulfide) groups is 1. The number of hydrogen-bond donors (Lipinski definition) is 1. The second-order valence-electron chi connectivity index (χ2n) is 2.38. The molecule has 0 saturated heterocycles. The van der Waals surface area contributed by atoms with Crippen LogP contribution in [0.2, 0.25) is 0 Å². The van der Waals surface area contributed by atoms with E-state index >= 15 is 0 Å². The van der Waals surface area contributed by atoms with E-state index in [9.17, 15) is 4.79 Å². The predicted molar refractivity (Wildman–Crippen MR) is 50.3 cm³/mol. The average molecular weight is 190 g/mol. The summed E-state index contributed by atoms with van der Waals surface area (Å²) in [7, 11) is 0. The Morgan fingerprint density at radius 1 is 1.75 bits per heavy atom. The highest BCUT2D eigenvalue weighted by Gasteiger charge is 2.30. The van der Waals surface area contributed by atoms with Crippen LogP contribution in [0.3, 0.4) is 0 Å². The fraction of sp³-hybridized carbons (Fsp3) is 0.625. The van der Waals surface area contributed by atoms with E-state index in [0.717, 1.165) is 0 Å². The number of carbonyl (C=O) groups is 1. The Kier molecular flexibility index (Phi) is 5.01. The average Bonchev–Trinajstić information content (AvgIpc) is 2.01. The highest BCUT2D eigenvalue weighted by molar-refractivity contribution is 8.01. The van der Waals surface area contributed by atoms with E-state index < -0.39 is 11.6 Å². The van der Waals surface area contributed by atoms with E-state index in [1.54, 1.807) is 18.4 Å². The van der Waals surface area contributed by atoms with E-state index in [0.29, 0.717) is 6.61 Å². The Morgan fingerprint density at radius 2 is 2.33 bits per heavy atom. The molecule has 0 aromatic carbocycles. The molecule has 4 heteroatoms. The van der Waals surface area contributed by atoms with Crippen molar-refractivity contribution >= 4 is 17.7 Å². The van der Waals surface area contributed by atoms with E-state index in [-0.39, 0.29) is 0 Å². The van der Waals surface area contributed by atoms with Crippen molar-refractivity contribution in [1.82, 2.24) is 0 Å². The number of hydrogen-bond acceptors (Lipinski definition) is 3. The van der Waals surface area contributed by atoms with Crippen molar-refractivity contribution in [1.29, 1.82) is 0 Å². The fourth-order valence-corrected chi connectivity index (χ4v) is 1.07. The first-order valence-electron chi connectivity index (χ1n) is 3.64. The third kappa shape index (κ3) is 3.28. The van der Waals surface area contributed by atoms with E-state index in [1.165, 1.54) is 18.7 Å². The molecular weight excluding hydrogens is 176 g/mol. The minimum Gasteiger partial charge on any atom is -0.479 e. The molecule has 0 radical (unpaired) electrons. The molecule has 0 saturated carbocycles. The van der Waals surface area contributed by atoms with Crippen molar-refractivity contribution in [2.45, 2.75) is 19.4 Å². The first-order valence-corrected chi connectivity index (χ1v) is 4.93. The van der Waals surface area contributed by atoms with E-state index in [2.05, 4.69) is 0 Å². The quantitative estimate of drug-likeness (QED) is 0.717. The van der Waals surface area contributed by atoms with Crippen LogP contribution in [0, 0.1) is 0 Å². The van der Waals surface area contributed by atoms with Gasteiger partial charge in [0.15, 0.2) is 5.60 Å².